The first kappa shape index (κ1) is 13.8. The SMILES string of the molecule is CCC(C(=O)NCc1ccn(C)n1)n1cc(Br)cn1. The summed E-state index contributed by atoms with van der Waals surface area (Å²) in [6, 6.07) is 1.58. The maximum atomic E-state index is 12.1. The number of halogens is 1. The van der Waals surface area contributed by atoms with Crippen LogP contribution in [0.15, 0.2) is 29.1 Å². The molecule has 1 atom stereocenters. The monoisotopic (exact) mass is 325 g/mol. The van der Waals surface area contributed by atoms with Gasteiger partial charge in [-0.15, -0.1) is 0 Å². The summed E-state index contributed by atoms with van der Waals surface area (Å²) in [4.78, 5) is 12.1. The van der Waals surface area contributed by atoms with Gasteiger partial charge in [0.05, 0.1) is 22.9 Å². The minimum absolute atomic E-state index is 0.0521. The molecular formula is C12H16BrN5O. The summed E-state index contributed by atoms with van der Waals surface area (Å²) in [7, 11) is 1.85. The van der Waals surface area contributed by atoms with Gasteiger partial charge in [-0.1, -0.05) is 6.92 Å². The number of amides is 1. The molecular weight excluding hydrogens is 310 g/mol. The number of aryl methyl sites for hydroxylation is 1. The van der Waals surface area contributed by atoms with Gasteiger partial charge < -0.3 is 5.32 Å². The molecule has 0 saturated heterocycles. The molecule has 6 nitrogen and oxygen atoms in total. The molecule has 0 aliphatic heterocycles. The third-order valence-corrected chi connectivity index (χ3v) is 3.20. The second kappa shape index (κ2) is 6.01. The van der Waals surface area contributed by atoms with Gasteiger partial charge in [0.1, 0.15) is 6.04 Å². The summed E-state index contributed by atoms with van der Waals surface area (Å²) in [5, 5.41) is 11.3. The molecule has 102 valence electrons. The zero-order chi connectivity index (χ0) is 13.8. The van der Waals surface area contributed by atoms with E-state index in [9.17, 15) is 4.79 Å². The lowest BCUT2D eigenvalue weighted by atomic mass is 10.2. The smallest absolute Gasteiger partial charge is 0.245 e. The first-order valence-corrected chi connectivity index (χ1v) is 6.85. The molecule has 0 spiro atoms. The van der Waals surface area contributed by atoms with Crippen molar-refractivity contribution in [2.24, 2.45) is 7.05 Å². The summed E-state index contributed by atoms with van der Waals surface area (Å²) in [5.74, 6) is -0.0521. The summed E-state index contributed by atoms with van der Waals surface area (Å²) in [5.41, 5.74) is 0.840. The Labute approximate surface area is 119 Å². The quantitative estimate of drug-likeness (QED) is 0.909. The standard InChI is InChI=1S/C12H16BrN5O/c1-3-11(18-8-9(13)6-15-18)12(19)14-7-10-4-5-17(2)16-10/h4-6,8,11H,3,7H2,1-2H3,(H,14,19). The van der Waals surface area contributed by atoms with Crippen LogP contribution in [0.25, 0.3) is 0 Å². The second-order valence-corrected chi connectivity index (χ2v) is 5.18. The molecule has 0 aromatic carbocycles. The highest BCUT2D eigenvalue weighted by Crippen LogP contribution is 2.15. The van der Waals surface area contributed by atoms with Gasteiger partial charge in [0.15, 0.2) is 0 Å². The van der Waals surface area contributed by atoms with Gasteiger partial charge in [-0.3, -0.25) is 14.2 Å². The van der Waals surface area contributed by atoms with Crippen LogP contribution in [0.4, 0.5) is 0 Å². The molecule has 1 unspecified atom stereocenters. The van der Waals surface area contributed by atoms with E-state index < -0.39 is 0 Å². The minimum Gasteiger partial charge on any atom is -0.349 e. The van der Waals surface area contributed by atoms with Crippen LogP contribution in [-0.4, -0.2) is 25.5 Å². The molecule has 19 heavy (non-hydrogen) atoms. The van der Waals surface area contributed by atoms with Crippen LogP contribution in [0.3, 0.4) is 0 Å². The van der Waals surface area contributed by atoms with Crippen LogP contribution in [-0.2, 0) is 18.4 Å². The number of carbonyl (C=O) groups is 1. The fourth-order valence-corrected chi connectivity index (χ4v) is 2.13. The molecule has 0 aliphatic rings. The number of hydrogen-bond acceptors (Lipinski definition) is 3. The maximum absolute atomic E-state index is 12.1. The number of nitrogens with zero attached hydrogens (tertiary/aromatic N) is 4. The van der Waals surface area contributed by atoms with Crippen molar-refractivity contribution >= 4 is 21.8 Å². The fraction of sp³-hybridized carbons (Fsp3) is 0.417. The van der Waals surface area contributed by atoms with Gasteiger partial charge >= 0.3 is 0 Å². The van der Waals surface area contributed by atoms with Gasteiger partial charge in [-0.25, -0.2) is 0 Å². The lowest BCUT2D eigenvalue weighted by Gasteiger charge is -2.14. The van der Waals surface area contributed by atoms with Gasteiger partial charge in [0.2, 0.25) is 5.91 Å². The molecule has 0 fully saturated rings. The van der Waals surface area contributed by atoms with Gasteiger partial charge in [-0.2, -0.15) is 10.2 Å². The van der Waals surface area contributed by atoms with Crippen molar-refractivity contribution in [3.05, 3.63) is 34.8 Å². The lowest BCUT2D eigenvalue weighted by Crippen LogP contribution is -2.32. The normalized spacial score (nSPS) is 12.4. The average molecular weight is 326 g/mol. The number of rotatable bonds is 5. The van der Waals surface area contributed by atoms with E-state index in [4.69, 9.17) is 0 Å². The third kappa shape index (κ3) is 3.44. The van der Waals surface area contributed by atoms with Crippen molar-refractivity contribution in [1.82, 2.24) is 24.9 Å². The van der Waals surface area contributed by atoms with Crippen molar-refractivity contribution in [2.45, 2.75) is 25.9 Å². The van der Waals surface area contributed by atoms with Crippen LogP contribution in [0.2, 0.25) is 0 Å². The van der Waals surface area contributed by atoms with Crippen molar-refractivity contribution in [3.63, 3.8) is 0 Å². The van der Waals surface area contributed by atoms with E-state index >= 15 is 0 Å². The first-order chi connectivity index (χ1) is 9.10. The Kier molecular flexibility index (Phi) is 4.36. The lowest BCUT2D eigenvalue weighted by molar-refractivity contribution is -0.124. The van der Waals surface area contributed by atoms with Crippen molar-refractivity contribution in [3.8, 4) is 0 Å². The first-order valence-electron chi connectivity index (χ1n) is 6.06. The van der Waals surface area contributed by atoms with E-state index in [2.05, 4.69) is 31.4 Å². The van der Waals surface area contributed by atoms with Crippen LogP contribution >= 0.6 is 15.9 Å². The van der Waals surface area contributed by atoms with Crippen molar-refractivity contribution < 1.29 is 4.79 Å². The Morgan fingerprint density at radius 2 is 2.37 bits per heavy atom. The maximum Gasteiger partial charge on any atom is 0.245 e. The molecule has 0 radical (unpaired) electrons. The highest BCUT2D eigenvalue weighted by Gasteiger charge is 2.19. The highest BCUT2D eigenvalue weighted by atomic mass is 79.9. The molecule has 7 heteroatoms. The van der Waals surface area contributed by atoms with Crippen LogP contribution in [0.5, 0.6) is 0 Å². The zero-order valence-electron chi connectivity index (χ0n) is 10.9. The summed E-state index contributed by atoms with van der Waals surface area (Å²) in [6.07, 6.45) is 6.01. The Morgan fingerprint density at radius 1 is 1.58 bits per heavy atom. The van der Waals surface area contributed by atoms with E-state index in [0.717, 1.165) is 10.2 Å². The van der Waals surface area contributed by atoms with E-state index in [1.54, 1.807) is 21.8 Å². The highest BCUT2D eigenvalue weighted by molar-refractivity contribution is 9.10. The number of nitrogens with one attached hydrogen (secondary N) is 1. The molecule has 2 aromatic heterocycles. The van der Waals surface area contributed by atoms with E-state index in [1.165, 1.54) is 0 Å². The molecule has 2 rings (SSSR count). The van der Waals surface area contributed by atoms with Crippen LogP contribution in [0.1, 0.15) is 25.1 Å². The van der Waals surface area contributed by atoms with Crippen molar-refractivity contribution in [2.75, 3.05) is 0 Å². The molecule has 0 aliphatic carbocycles. The van der Waals surface area contributed by atoms with E-state index in [0.29, 0.717) is 13.0 Å². The van der Waals surface area contributed by atoms with E-state index in [-0.39, 0.29) is 11.9 Å². The van der Waals surface area contributed by atoms with Gasteiger partial charge in [0.25, 0.3) is 0 Å². The molecule has 0 bridgehead atoms. The molecule has 2 heterocycles. The molecule has 1 N–H and O–H groups in total. The summed E-state index contributed by atoms with van der Waals surface area (Å²) >= 11 is 3.33. The Balaban J connectivity index is 1.97. The second-order valence-electron chi connectivity index (χ2n) is 4.26. The zero-order valence-corrected chi connectivity index (χ0v) is 12.5. The van der Waals surface area contributed by atoms with Crippen molar-refractivity contribution in [1.29, 1.82) is 0 Å². The fourth-order valence-electron chi connectivity index (χ4n) is 1.83. The molecule has 2 aromatic rings. The Morgan fingerprint density at radius 3 is 2.89 bits per heavy atom. The largest absolute Gasteiger partial charge is 0.349 e. The average Bonchev–Trinajstić information content (AvgIpc) is 2.97. The Bertz CT molecular complexity index is 562. The van der Waals surface area contributed by atoms with Gasteiger partial charge in [0, 0.05) is 19.4 Å². The number of hydrogen-bond donors (Lipinski definition) is 1. The topological polar surface area (TPSA) is 64.7 Å². The van der Waals surface area contributed by atoms with Gasteiger partial charge in [-0.05, 0) is 28.4 Å². The number of carbonyl (C=O) groups excluding carboxylic acids is 1. The minimum atomic E-state index is -0.296. The number of aromatic nitrogens is 4. The molecule has 0 saturated carbocycles. The predicted octanol–water partition coefficient (Wildman–Crippen LogP) is 1.65. The van der Waals surface area contributed by atoms with Crippen LogP contribution < -0.4 is 5.32 Å². The van der Waals surface area contributed by atoms with Crippen LogP contribution in [0, 0.1) is 0 Å². The van der Waals surface area contributed by atoms with E-state index in [1.807, 2.05) is 26.2 Å². The molecule has 1 amide bonds. The third-order valence-electron chi connectivity index (χ3n) is 2.79. The Hall–Kier alpha value is -1.63. The summed E-state index contributed by atoms with van der Waals surface area (Å²) < 4.78 is 4.24. The predicted molar refractivity (Wildman–Crippen MR) is 74.3 cm³/mol. The summed E-state index contributed by atoms with van der Waals surface area (Å²) in [6.45, 7) is 2.39.